The summed E-state index contributed by atoms with van der Waals surface area (Å²) >= 11 is 0. The monoisotopic (exact) mass is 171 g/mol. The van der Waals surface area contributed by atoms with Crippen LogP contribution in [0.4, 0.5) is 0 Å². The van der Waals surface area contributed by atoms with Crippen molar-refractivity contribution in [1.82, 2.24) is 5.32 Å². The molecule has 0 saturated carbocycles. The fourth-order valence-corrected chi connectivity index (χ4v) is 1.40. The van der Waals surface area contributed by atoms with Gasteiger partial charge in [0.2, 0.25) is 0 Å². The number of hydrogen-bond donors (Lipinski definition) is 1. The Hall–Kier alpha value is -1.34. The third-order valence-electron chi connectivity index (χ3n) is 2.13. The molecule has 0 fully saturated rings. The lowest BCUT2D eigenvalue weighted by molar-refractivity contribution is 0.680. The zero-order chi connectivity index (χ0) is 8.93. The lowest BCUT2D eigenvalue weighted by atomic mass is 10.2. The maximum Gasteiger partial charge on any atom is 0.0444 e. The standard InChI is InChI=1S/C12H13N/c1-2-6-11(7-3-1)10-13-12-8-4-5-9-12/h1-9,12-13H,10H2. The molecule has 2 rings (SSSR count). The second kappa shape index (κ2) is 4.06. The number of allylic oxidation sites excluding steroid dienone is 2. The first-order chi connectivity index (χ1) is 6.45. The molecule has 0 radical (unpaired) electrons. The SMILES string of the molecule is C1=CC(NCc2ccccc2)C=C1. The third kappa shape index (κ3) is 2.30. The van der Waals surface area contributed by atoms with Crippen LogP contribution in [0.1, 0.15) is 5.56 Å². The normalized spacial score (nSPS) is 15.4. The summed E-state index contributed by atoms with van der Waals surface area (Å²) < 4.78 is 0. The lowest BCUT2D eigenvalue weighted by Crippen LogP contribution is -2.23. The van der Waals surface area contributed by atoms with Crippen molar-refractivity contribution in [2.45, 2.75) is 12.6 Å². The molecule has 0 atom stereocenters. The van der Waals surface area contributed by atoms with E-state index < -0.39 is 0 Å². The van der Waals surface area contributed by atoms with Crippen LogP contribution in [-0.2, 0) is 6.54 Å². The fraction of sp³-hybridized carbons (Fsp3) is 0.167. The molecule has 1 N–H and O–H groups in total. The number of benzene rings is 1. The summed E-state index contributed by atoms with van der Waals surface area (Å²) in [6.07, 6.45) is 8.46. The molecule has 1 aromatic carbocycles. The summed E-state index contributed by atoms with van der Waals surface area (Å²) in [5, 5.41) is 3.42. The highest BCUT2D eigenvalue weighted by atomic mass is 14.9. The predicted molar refractivity (Wildman–Crippen MR) is 55.3 cm³/mol. The molecule has 1 nitrogen and oxygen atoms in total. The average molecular weight is 171 g/mol. The average Bonchev–Trinajstić information content (AvgIpc) is 2.69. The highest BCUT2D eigenvalue weighted by Crippen LogP contribution is 2.02. The van der Waals surface area contributed by atoms with Gasteiger partial charge in [0.25, 0.3) is 0 Å². The summed E-state index contributed by atoms with van der Waals surface area (Å²) in [5.74, 6) is 0. The minimum Gasteiger partial charge on any atom is -0.303 e. The van der Waals surface area contributed by atoms with Gasteiger partial charge in [-0.05, 0) is 5.56 Å². The van der Waals surface area contributed by atoms with Crippen molar-refractivity contribution in [3.05, 3.63) is 60.2 Å². The molecule has 1 aromatic rings. The van der Waals surface area contributed by atoms with Crippen molar-refractivity contribution in [3.8, 4) is 0 Å². The Labute approximate surface area is 78.8 Å². The minimum absolute atomic E-state index is 0.417. The van der Waals surface area contributed by atoms with E-state index in [0.717, 1.165) is 6.54 Å². The van der Waals surface area contributed by atoms with Crippen LogP contribution in [0.2, 0.25) is 0 Å². The van der Waals surface area contributed by atoms with Gasteiger partial charge in [0.15, 0.2) is 0 Å². The Morgan fingerprint density at radius 3 is 2.38 bits per heavy atom. The first-order valence-electron chi connectivity index (χ1n) is 4.57. The molecule has 0 saturated heterocycles. The minimum atomic E-state index is 0.417. The Balaban J connectivity index is 1.86. The summed E-state index contributed by atoms with van der Waals surface area (Å²) in [5.41, 5.74) is 1.33. The van der Waals surface area contributed by atoms with Gasteiger partial charge in [0.1, 0.15) is 0 Å². The quantitative estimate of drug-likeness (QED) is 0.735. The van der Waals surface area contributed by atoms with Crippen LogP contribution in [0, 0.1) is 0 Å². The van der Waals surface area contributed by atoms with Crippen molar-refractivity contribution >= 4 is 0 Å². The van der Waals surface area contributed by atoms with Gasteiger partial charge in [-0.25, -0.2) is 0 Å². The molecule has 0 spiro atoms. The van der Waals surface area contributed by atoms with Crippen LogP contribution in [0.5, 0.6) is 0 Å². The molecular weight excluding hydrogens is 158 g/mol. The molecule has 13 heavy (non-hydrogen) atoms. The maximum atomic E-state index is 3.42. The second-order valence-corrected chi connectivity index (χ2v) is 3.16. The van der Waals surface area contributed by atoms with E-state index in [9.17, 15) is 0 Å². The summed E-state index contributed by atoms with van der Waals surface area (Å²) in [6.45, 7) is 0.931. The third-order valence-corrected chi connectivity index (χ3v) is 2.13. The van der Waals surface area contributed by atoms with Crippen molar-refractivity contribution in [2.24, 2.45) is 0 Å². The molecule has 0 heterocycles. The molecule has 0 unspecified atom stereocenters. The Morgan fingerprint density at radius 2 is 1.69 bits per heavy atom. The number of rotatable bonds is 3. The molecular formula is C12H13N. The summed E-state index contributed by atoms with van der Waals surface area (Å²) in [7, 11) is 0. The van der Waals surface area contributed by atoms with Crippen LogP contribution in [0.15, 0.2) is 54.6 Å². The van der Waals surface area contributed by atoms with E-state index in [1.165, 1.54) is 5.56 Å². The highest BCUT2D eigenvalue weighted by molar-refractivity contribution is 5.22. The van der Waals surface area contributed by atoms with Gasteiger partial charge in [-0.1, -0.05) is 54.6 Å². The number of hydrogen-bond acceptors (Lipinski definition) is 1. The molecule has 1 aliphatic rings. The van der Waals surface area contributed by atoms with Crippen molar-refractivity contribution in [1.29, 1.82) is 0 Å². The van der Waals surface area contributed by atoms with E-state index >= 15 is 0 Å². The first kappa shape index (κ1) is 8.27. The van der Waals surface area contributed by atoms with Crippen LogP contribution in [0.25, 0.3) is 0 Å². The highest BCUT2D eigenvalue weighted by Gasteiger charge is 2.01. The molecule has 1 aliphatic carbocycles. The smallest absolute Gasteiger partial charge is 0.0444 e. The van der Waals surface area contributed by atoms with E-state index in [1.807, 2.05) is 6.07 Å². The molecule has 0 amide bonds. The topological polar surface area (TPSA) is 12.0 Å². The molecule has 0 aliphatic heterocycles. The molecule has 0 aromatic heterocycles. The van der Waals surface area contributed by atoms with E-state index in [1.54, 1.807) is 0 Å². The largest absolute Gasteiger partial charge is 0.303 e. The van der Waals surface area contributed by atoms with Gasteiger partial charge >= 0.3 is 0 Å². The zero-order valence-electron chi connectivity index (χ0n) is 7.48. The van der Waals surface area contributed by atoms with Gasteiger partial charge in [0, 0.05) is 12.6 Å². The van der Waals surface area contributed by atoms with Crippen LogP contribution in [-0.4, -0.2) is 6.04 Å². The Morgan fingerprint density at radius 1 is 1.00 bits per heavy atom. The van der Waals surface area contributed by atoms with E-state index in [4.69, 9.17) is 0 Å². The van der Waals surface area contributed by atoms with Crippen molar-refractivity contribution in [3.63, 3.8) is 0 Å². The van der Waals surface area contributed by atoms with Crippen LogP contribution in [0.3, 0.4) is 0 Å². The second-order valence-electron chi connectivity index (χ2n) is 3.16. The Kier molecular flexibility index (Phi) is 2.58. The van der Waals surface area contributed by atoms with Gasteiger partial charge in [0.05, 0.1) is 0 Å². The maximum absolute atomic E-state index is 3.42. The van der Waals surface area contributed by atoms with Crippen molar-refractivity contribution < 1.29 is 0 Å². The molecule has 1 heteroatoms. The van der Waals surface area contributed by atoms with E-state index in [-0.39, 0.29) is 0 Å². The molecule has 0 bridgehead atoms. The lowest BCUT2D eigenvalue weighted by Gasteiger charge is -2.07. The number of nitrogens with one attached hydrogen (secondary N) is 1. The zero-order valence-corrected chi connectivity index (χ0v) is 7.48. The fourth-order valence-electron chi connectivity index (χ4n) is 1.40. The van der Waals surface area contributed by atoms with Gasteiger partial charge in [-0.2, -0.15) is 0 Å². The van der Waals surface area contributed by atoms with Gasteiger partial charge in [-0.3, -0.25) is 0 Å². The van der Waals surface area contributed by atoms with Crippen molar-refractivity contribution in [2.75, 3.05) is 0 Å². The Bertz CT molecular complexity index is 299. The summed E-state index contributed by atoms with van der Waals surface area (Å²) in [6, 6.07) is 10.9. The summed E-state index contributed by atoms with van der Waals surface area (Å²) in [4.78, 5) is 0. The van der Waals surface area contributed by atoms with Gasteiger partial charge in [-0.15, -0.1) is 0 Å². The van der Waals surface area contributed by atoms with E-state index in [2.05, 4.69) is 53.9 Å². The van der Waals surface area contributed by atoms with E-state index in [0.29, 0.717) is 6.04 Å². The van der Waals surface area contributed by atoms with Crippen LogP contribution >= 0.6 is 0 Å². The molecule has 66 valence electrons. The predicted octanol–water partition coefficient (Wildman–Crippen LogP) is 2.27. The van der Waals surface area contributed by atoms with Crippen LogP contribution < -0.4 is 5.32 Å². The first-order valence-corrected chi connectivity index (χ1v) is 4.57. The van der Waals surface area contributed by atoms with Gasteiger partial charge < -0.3 is 5.32 Å².